The summed E-state index contributed by atoms with van der Waals surface area (Å²) in [5.41, 5.74) is 1.27. The number of aliphatic hydroxyl groups excluding tert-OH is 1. The summed E-state index contributed by atoms with van der Waals surface area (Å²) < 4.78 is 32.7. The van der Waals surface area contributed by atoms with Gasteiger partial charge in [0.2, 0.25) is 0 Å². The van der Waals surface area contributed by atoms with Gasteiger partial charge in [-0.1, -0.05) is 54.4 Å². The van der Waals surface area contributed by atoms with Gasteiger partial charge in [-0.3, -0.25) is 4.79 Å². The van der Waals surface area contributed by atoms with Gasteiger partial charge in [0, 0.05) is 17.0 Å². The van der Waals surface area contributed by atoms with E-state index < -0.39 is 20.5 Å². The second-order valence-corrected chi connectivity index (χ2v) is 56.1. The van der Waals surface area contributed by atoms with Crippen LogP contribution in [0.5, 0.6) is 0 Å². The number of alkyl halides is 1. The van der Waals surface area contributed by atoms with Crippen molar-refractivity contribution in [2.45, 2.75) is 44.0 Å². The Balaban J connectivity index is 0.000000554. The number of carbonyl (C=O) groups excluding carboxylic acids is 1. The van der Waals surface area contributed by atoms with Crippen LogP contribution in [-0.2, 0) is 4.74 Å². The van der Waals surface area contributed by atoms with Gasteiger partial charge in [0.05, 0.1) is 21.7 Å². The molecule has 1 heterocycles. The Bertz CT molecular complexity index is 964. The normalized spacial score (nSPS) is 19.0. The van der Waals surface area contributed by atoms with Gasteiger partial charge in [-0.25, -0.2) is 8.78 Å². The quantitative estimate of drug-likeness (QED) is 0.136. The zero-order valence-electron chi connectivity index (χ0n) is 20.9. The van der Waals surface area contributed by atoms with Gasteiger partial charge < -0.3 is 9.84 Å². The van der Waals surface area contributed by atoms with Gasteiger partial charge in [-0.15, -0.1) is 6.58 Å². The molecule has 4 atom stereocenters. The van der Waals surface area contributed by atoms with Crippen LogP contribution in [0.4, 0.5) is 8.78 Å². The molecular formula is C26H31BiBr6F2O3. The van der Waals surface area contributed by atoms with Crippen LogP contribution in [-0.4, -0.2) is 44.1 Å². The zero-order valence-corrected chi connectivity index (χ0v) is 33.9. The van der Waals surface area contributed by atoms with Crippen LogP contribution in [0, 0.1) is 23.5 Å². The molecule has 1 N–H and O–H groups in total. The molecule has 0 saturated carbocycles. The number of halogens is 8. The molecule has 3 rings (SSSR count). The molecule has 214 valence electrons. The van der Waals surface area contributed by atoms with E-state index in [-0.39, 0.29) is 18.5 Å². The first-order valence-corrected chi connectivity index (χ1v) is 36.7. The molecule has 12 heteroatoms. The summed E-state index contributed by atoms with van der Waals surface area (Å²) in [5, 5.41) is 8.45. The second-order valence-electron chi connectivity index (χ2n) is 7.99. The van der Waals surface area contributed by atoms with Crippen molar-refractivity contribution in [3.8, 4) is 0 Å². The Hall–Kier alpha value is 1.39. The molecule has 1 aliphatic heterocycles. The summed E-state index contributed by atoms with van der Waals surface area (Å²) in [6.07, 6.45) is 5.39. The van der Waals surface area contributed by atoms with E-state index in [9.17, 15) is 13.6 Å². The van der Waals surface area contributed by atoms with Crippen LogP contribution in [0.2, 0.25) is 0 Å². The van der Waals surface area contributed by atoms with Crippen molar-refractivity contribution < 1.29 is 23.4 Å². The number of aliphatic hydroxyl groups is 1. The summed E-state index contributed by atoms with van der Waals surface area (Å²) in [6.45, 7) is 8.72. The van der Waals surface area contributed by atoms with Gasteiger partial charge in [0.25, 0.3) is 0 Å². The first-order chi connectivity index (χ1) is 17.9. The number of carbonyl (C=O) groups is 1. The molecule has 0 spiro atoms. The van der Waals surface area contributed by atoms with Crippen molar-refractivity contribution in [3.63, 3.8) is 0 Å². The molecule has 2 aromatic rings. The Morgan fingerprint density at radius 1 is 1.11 bits per heavy atom. The van der Waals surface area contributed by atoms with Crippen molar-refractivity contribution in [2.75, 3.05) is 13.2 Å². The molecule has 2 aromatic carbocycles. The van der Waals surface area contributed by atoms with Crippen LogP contribution in [0.1, 0.15) is 55.1 Å². The second kappa shape index (κ2) is 22.9. The van der Waals surface area contributed by atoms with Crippen LogP contribution in [0.15, 0.2) is 58.0 Å². The topological polar surface area (TPSA) is 46.5 Å². The van der Waals surface area contributed by atoms with Gasteiger partial charge in [0.15, 0.2) is 0 Å². The van der Waals surface area contributed by atoms with Crippen molar-refractivity contribution >= 4 is 105 Å². The van der Waals surface area contributed by atoms with Gasteiger partial charge in [-0.05, 0) is 86.4 Å². The maximum atomic E-state index is 13.5. The van der Waals surface area contributed by atoms with E-state index in [0.29, 0.717) is 37.5 Å². The number of ether oxygens (including phenoxy) is 1. The molecule has 0 aliphatic carbocycles. The molecule has 0 amide bonds. The zero-order chi connectivity index (χ0) is 29.3. The molecule has 3 nitrogen and oxygen atoms in total. The third-order valence-electron chi connectivity index (χ3n) is 5.47. The van der Waals surface area contributed by atoms with E-state index in [1.54, 1.807) is 24.3 Å². The average molecular weight is 1120 g/mol. The predicted molar refractivity (Wildman–Crippen MR) is 177 cm³/mol. The summed E-state index contributed by atoms with van der Waals surface area (Å²) in [4.78, 5) is 10.5. The van der Waals surface area contributed by atoms with E-state index in [2.05, 4.69) is 97.9 Å². The monoisotopic (exact) mass is 1110 g/mol. The molecule has 4 unspecified atom stereocenters. The third-order valence-corrected chi connectivity index (χ3v) is 7.88. The van der Waals surface area contributed by atoms with Crippen molar-refractivity contribution in [2.24, 2.45) is 11.8 Å². The van der Waals surface area contributed by atoms with Gasteiger partial charge in [-0.2, -0.15) is 0 Å². The third kappa shape index (κ3) is 16.7. The minimum atomic E-state index is -1.16. The Labute approximate surface area is 275 Å². The van der Waals surface area contributed by atoms with Crippen molar-refractivity contribution in [1.82, 2.24) is 0 Å². The van der Waals surface area contributed by atoms with Gasteiger partial charge in [0.1, 0.15) is 17.9 Å². The standard InChI is InChI=1S/C13H15Br2FO.C7H4BrFO.C6H12O.Bi.3BrH/c1-2-8-7-17-13(6-11(8)15)9-3-4-10(14)12(16)5-9;8-6-2-1-5(4-10)3-7(6)9;1-3-6(4-2)5-7;;;;/h3-5,8,11,13H,2,6-7H2,1H3;1-4H;3,6-7H,1,4-5H2,2H3;;3*1H/q;;;+3;;;/p-3. The first-order valence-electron chi connectivity index (χ1n) is 11.5. The number of aldehydes is 1. The predicted octanol–water partition coefficient (Wildman–Crippen LogP) is 10.6. The summed E-state index contributed by atoms with van der Waals surface area (Å²) in [7, 11) is 0. The molecule has 1 aliphatic rings. The van der Waals surface area contributed by atoms with Crippen LogP contribution < -0.4 is 0 Å². The van der Waals surface area contributed by atoms with E-state index in [0.717, 1.165) is 31.4 Å². The number of benzene rings is 2. The van der Waals surface area contributed by atoms with E-state index in [4.69, 9.17) is 9.84 Å². The molecule has 1 fully saturated rings. The first kappa shape index (κ1) is 39.4. The molecule has 0 bridgehead atoms. The molecule has 1 saturated heterocycles. The Kier molecular flexibility index (Phi) is 23.8. The molecule has 38 heavy (non-hydrogen) atoms. The molecule has 0 aromatic heterocycles. The summed E-state index contributed by atoms with van der Waals surface area (Å²) in [5.74, 6) is 0.228. The van der Waals surface area contributed by atoms with Crippen LogP contribution >= 0.6 is 84.4 Å². The Morgan fingerprint density at radius 2 is 1.66 bits per heavy atom. The average Bonchev–Trinajstić information content (AvgIpc) is 2.89. The van der Waals surface area contributed by atoms with E-state index >= 15 is 0 Å². The maximum absolute atomic E-state index is 13.5. The van der Waals surface area contributed by atoms with E-state index in [1.807, 2.05) is 13.0 Å². The molecule has 0 radical (unpaired) electrons. The van der Waals surface area contributed by atoms with Crippen molar-refractivity contribution in [3.05, 3.63) is 80.8 Å². The SMILES string of the molecule is C=CC(CC)CO.CCC1COC(c2ccc(Br)c(F)c2)CC1Br.O=Cc1ccc(Br)c(F)c1.[Br][Bi]([Br])[Br]. The molecular weight excluding hydrogens is 1090 g/mol. The Morgan fingerprint density at radius 3 is 2.03 bits per heavy atom. The van der Waals surface area contributed by atoms with Crippen LogP contribution in [0.25, 0.3) is 0 Å². The number of hydrogen-bond acceptors (Lipinski definition) is 3. The number of rotatable bonds is 6. The van der Waals surface area contributed by atoms with E-state index in [1.165, 1.54) is 12.1 Å². The summed E-state index contributed by atoms with van der Waals surface area (Å²) >= 11 is 18.6. The fraction of sp³-hybridized carbons (Fsp3) is 0.423. The number of hydrogen-bond donors (Lipinski definition) is 1. The fourth-order valence-electron chi connectivity index (χ4n) is 3.08. The minimum absolute atomic E-state index is 0.00442. The summed E-state index contributed by atoms with van der Waals surface area (Å²) in [6, 6.07) is 9.43. The van der Waals surface area contributed by atoms with Gasteiger partial charge >= 0.3 is 51.4 Å². The fourth-order valence-corrected chi connectivity index (χ4v) is 4.44. The van der Waals surface area contributed by atoms with Crippen molar-refractivity contribution in [1.29, 1.82) is 0 Å². The van der Waals surface area contributed by atoms with Crippen LogP contribution in [0.3, 0.4) is 0 Å².